The molecule has 0 saturated carbocycles. The van der Waals surface area contributed by atoms with Crippen LogP contribution in [0.1, 0.15) is 26.7 Å². The van der Waals surface area contributed by atoms with Crippen LogP contribution in [0.4, 0.5) is 0 Å². The lowest BCUT2D eigenvalue weighted by Crippen LogP contribution is -2.36. The maximum atomic E-state index is 9.35. The molecule has 0 aromatic heterocycles. The largest absolute Gasteiger partial charge is 0.396 e. The Balaban J connectivity index is 3.77. The second-order valence-corrected chi connectivity index (χ2v) is 4.54. The summed E-state index contributed by atoms with van der Waals surface area (Å²) in [6.07, 6.45) is 1.56. The van der Waals surface area contributed by atoms with Gasteiger partial charge in [0, 0.05) is 32.3 Å². The molecule has 0 rings (SSSR count). The van der Waals surface area contributed by atoms with Crippen molar-refractivity contribution in [3.05, 3.63) is 0 Å². The van der Waals surface area contributed by atoms with Gasteiger partial charge >= 0.3 is 0 Å². The van der Waals surface area contributed by atoms with Crippen LogP contribution in [-0.4, -0.2) is 50.4 Å². The number of methoxy groups -OCH3 is 1. The quantitative estimate of drug-likeness (QED) is 0.555. The zero-order valence-corrected chi connectivity index (χ0v) is 10.7. The van der Waals surface area contributed by atoms with Crippen molar-refractivity contribution in [3.8, 4) is 0 Å². The second kappa shape index (κ2) is 8.93. The smallest absolute Gasteiger partial charge is 0.0512 e. The van der Waals surface area contributed by atoms with E-state index >= 15 is 0 Å². The van der Waals surface area contributed by atoms with E-state index in [9.17, 15) is 10.2 Å². The Morgan fingerprint density at radius 3 is 2.12 bits per heavy atom. The van der Waals surface area contributed by atoms with Crippen LogP contribution < -0.4 is 0 Å². The molecule has 0 fully saturated rings. The molecule has 0 aliphatic carbocycles. The van der Waals surface area contributed by atoms with E-state index in [1.54, 1.807) is 7.11 Å². The van der Waals surface area contributed by atoms with E-state index in [4.69, 9.17) is 9.47 Å². The predicted molar refractivity (Wildman–Crippen MR) is 63.4 cm³/mol. The Hall–Kier alpha value is -0.160. The van der Waals surface area contributed by atoms with E-state index in [1.807, 2.05) is 13.8 Å². The summed E-state index contributed by atoms with van der Waals surface area (Å²) in [5, 5.41) is 18.7. The summed E-state index contributed by atoms with van der Waals surface area (Å²) < 4.78 is 10.4. The molecule has 0 aromatic carbocycles. The summed E-state index contributed by atoms with van der Waals surface area (Å²) in [4.78, 5) is 0. The van der Waals surface area contributed by atoms with Gasteiger partial charge in [-0.15, -0.1) is 0 Å². The van der Waals surface area contributed by atoms with Crippen molar-refractivity contribution in [3.63, 3.8) is 0 Å². The minimum Gasteiger partial charge on any atom is -0.396 e. The van der Waals surface area contributed by atoms with Crippen LogP contribution in [0.3, 0.4) is 0 Å². The average Bonchev–Trinajstić information content (AvgIpc) is 2.28. The lowest BCUT2D eigenvalue weighted by molar-refractivity contribution is -0.0168. The Morgan fingerprint density at radius 1 is 1.06 bits per heavy atom. The molecule has 4 nitrogen and oxygen atoms in total. The minimum atomic E-state index is -0.415. The fraction of sp³-hybridized carbons (Fsp3) is 1.00. The van der Waals surface area contributed by atoms with Crippen LogP contribution in [0, 0.1) is 11.3 Å². The van der Waals surface area contributed by atoms with Gasteiger partial charge in [-0.1, -0.05) is 13.8 Å². The first-order valence-corrected chi connectivity index (χ1v) is 5.91. The van der Waals surface area contributed by atoms with Gasteiger partial charge < -0.3 is 19.7 Å². The monoisotopic (exact) mass is 234 g/mol. The molecule has 0 unspecified atom stereocenters. The van der Waals surface area contributed by atoms with Gasteiger partial charge in [-0.3, -0.25) is 0 Å². The molecule has 0 aromatic rings. The van der Waals surface area contributed by atoms with Crippen LogP contribution in [-0.2, 0) is 9.47 Å². The molecule has 0 atom stereocenters. The predicted octanol–water partition coefficient (Wildman–Crippen LogP) is 1.06. The number of hydrogen-bond acceptors (Lipinski definition) is 4. The molecule has 0 bridgehead atoms. The Labute approximate surface area is 98.6 Å². The molecule has 2 N–H and O–H groups in total. The molecule has 4 heteroatoms. The van der Waals surface area contributed by atoms with E-state index in [-0.39, 0.29) is 19.1 Å². The molecule has 0 aliphatic heterocycles. The topological polar surface area (TPSA) is 58.9 Å². The summed E-state index contributed by atoms with van der Waals surface area (Å²) in [7, 11) is 1.67. The van der Waals surface area contributed by atoms with Gasteiger partial charge in [0.25, 0.3) is 0 Å². The fourth-order valence-corrected chi connectivity index (χ4v) is 1.54. The van der Waals surface area contributed by atoms with Crippen molar-refractivity contribution in [2.24, 2.45) is 11.3 Å². The van der Waals surface area contributed by atoms with Gasteiger partial charge in [-0.2, -0.15) is 0 Å². The third kappa shape index (κ3) is 5.25. The van der Waals surface area contributed by atoms with Gasteiger partial charge in [-0.25, -0.2) is 0 Å². The molecular weight excluding hydrogens is 208 g/mol. The Bertz CT molecular complexity index is 155. The highest BCUT2D eigenvalue weighted by molar-refractivity contribution is 4.80. The number of aliphatic hydroxyl groups is 2. The lowest BCUT2D eigenvalue weighted by atomic mass is 9.76. The average molecular weight is 234 g/mol. The molecule has 0 heterocycles. The highest BCUT2D eigenvalue weighted by atomic mass is 16.5. The fourth-order valence-electron chi connectivity index (χ4n) is 1.54. The van der Waals surface area contributed by atoms with E-state index in [0.29, 0.717) is 26.2 Å². The standard InChI is InChI=1S/C12H26O4/c1-11(2)12(9-13,10-14)5-8-16-7-4-6-15-3/h11,13-14H,4-10H2,1-3H3. The van der Waals surface area contributed by atoms with Crippen molar-refractivity contribution in [2.45, 2.75) is 26.7 Å². The number of rotatable bonds is 10. The van der Waals surface area contributed by atoms with Gasteiger partial charge in [-0.05, 0) is 18.8 Å². The third-order valence-electron chi connectivity index (χ3n) is 3.24. The SMILES string of the molecule is COCCCOCCC(CO)(CO)C(C)C. The van der Waals surface area contributed by atoms with Crippen molar-refractivity contribution < 1.29 is 19.7 Å². The molecule has 98 valence electrons. The summed E-state index contributed by atoms with van der Waals surface area (Å²) in [6, 6.07) is 0. The number of ether oxygens (including phenoxy) is 2. The molecule has 0 spiro atoms. The van der Waals surface area contributed by atoms with E-state index in [0.717, 1.165) is 6.42 Å². The van der Waals surface area contributed by atoms with Crippen molar-refractivity contribution in [1.29, 1.82) is 0 Å². The highest BCUT2D eigenvalue weighted by Gasteiger charge is 2.32. The van der Waals surface area contributed by atoms with E-state index < -0.39 is 5.41 Å². The van der Waals surface area contributed by atoms with Crippen molar-refractivity contribution in [1.82, 2.24) is 0 Å². The maximum Gasteiger partial charge on any atom is 0.0512 e. The van der Waals surface area contributed by atoms with Crippen LogP contribution in [0.15, 0.2) is 0 Å². The molecule has 0 aliphatic rings. The Morgan fingerprint density at radius 2 is 1.69 bits per heavy atom. The van der Waals surface area contributed by atoms with Crippen LogP contribution >= 0.6 is 0 Å². The lowest BCUT2D eigenvalue weighted by Gasteiger charge is -2.33. The van der Waals surface area contributed by atoms with E-state index in [1.165, 1.54) is 0 Å². The third-order valence-corrected chi connectivity index (χ3v) is 3.24. The molecular formula is C12H26O4. The van der Waals surface area contributed by atoms with Gasteiger partial charge in [0.1, 0.15) is 0 Å². The first kappa shape index (κ1) is 15.8. The molecule has 0 amide bonds. The first-order chi connectivity index (χ1) is 7.63. The van der Waals surface area contributed by atoms with E-state index in [2.05, 4.69) is 0 Å². The van der Waals surface area contributed by atoms with Crippen LogP contribution in [0.5, 0.6) is 0 Å². The zero-order valence-electron chi connectivity index (χ0n) is 10.7. The minimum absolute atomic E-state index is 0.00258. The summed E-state index contributed by atoms with van der Waals surface area (Å²) >= 11 is 0. The first-order valence-electron chi connectivity index (χ1n) is 5.91. The highest BCUT2D eigenvalue weighted by Crippen LogP contribution is 2.30. The van der Waals surface area contributed by atoms with Crippen LogP contribution in [0.2, 0.25) is 0 Å². The van der Waals surface area contributed by atoms with Crippen molar-refractivity contribution in [2.75, 3.05) is 40.1 Å². The summed E-state index contributed by atoms with van der Waals surface area (Å²) in [5.74, 6) is 0.241. The maximum absolute atomic E-state index is 9.35. The van der Waals surface area contributed by atoms with Crippen LogP contribution in [0.25, 0.3) is 0 Å². The summed E-state index contributed by atoms with van der Waals surface area (Å²) in [6.45, 7) is 5.97. The number of hydrogen-bond donors (Lipinski definition) is 2. The normalized spacial score (nSPS) is 12.4. The summed E-state index contributed by atoms with van der Waals surface area (Å²) in [5.41, 5.74) is -0.415. The van der Waals surface area contributed by atoms with Gasteiger partial charge in [0.15, 0.2) is 0 Å². The Kier molecular flexibility index (Phi) is 8.84. The molecule has 0 saturated heterocycles. The van der Waals surface area contributed by atoms with Crippen molar-refractivity contribution >= 4 is 0 Å². The second-order valence-electron chi connectivity index (χ2n) is 4.54. The molecule has 0 radical (unpaired) electrons. The van der Waals surface area contributed by atoms with Gasteiger partial charge in [0.05, 0.1) is 13.2 Å². The number of aliphatic hydroxyl groups excluding tert-OH is 2. The van der Waals surface area contributed by atoms with Gasteiger partial charge in [0.2, 0.25) is 0 Å². The molecule has 16 heavy (non-hydrogen) atoms. The zero-order chi connectivity index (χ0) is 12.4.